The van der Waals surface area contributed by atoms with Crippen molar-refractivity contribution in [2.75, 3.05) is 14.2 Å². The second-order valence-corrected chi connectivity index (χ2v) is 2.80. The van der Waals surface area contributed by atoms with Crippen molar-refractivity contribution in [1.29, 1.82) is 0 Å². The van der Waals surface area contributed by atoms with Crippen molar-refractivity contribution in [3.63, 3.8) is 0 Å². The van der Waals surface area contributed by atoms with Crippen molar-refractivity contribution in [2.24, 2.45) is 5.16 Å². The molecule has 0 aliphatic rings. The molecule has 0 saturated heterocycles. The van der Waals surface area contributed by atoms with E-state index in [-0.39, 0.29) is 5.71 Å². The molecule has 0 atom stereocenters. The summed E-state index contributed by atoms with van der Waals surface area (Å²) < 4.78 is 4.60. The van der Waals surface area contributed by atoms with Gasteiger partial charge in [-0.05, 0) is 6.07 Å². The highest BCUT2D eigenvalue weighted by Gasteiger charge is 2.17. The van der Waals surface area contributed by atoms with Crippen LogP contribution in [0, 0.1) is 12.3 Å². The number of carbonyl (C=O) groups is 1. The highest BCUT2D eigenvalue weighted by Crippen LogP contribution is 2.10. The van der Waals surface area contributed by atoms with Crippen LogP contribution in [0.2, 0.25) is 0 Å². The standard InChI is InChI=1S/C12H11NO3/c1-4-9-7-5-6-8-10(9)11(13-16-3)12(14)15-2/h1,5-8H,2-3H3. The van der Waals surface area contributed by atoms with E-state index in [1.54, 1.807) is 24.3 Å². The van der Waals surface area contributed by atoms with Gasteiger partial charge in [0, 0.05) is 11.1 Å². The van der Waals surface area contributed by atoms with Crippen LogP contribution in [0.5, 0.6) is 0 Å². The molecule has 0 aliphatic heterocycles. The fourth-order valence-electron chi connectivity index (χ4n) is 1.20. The van der Waals surface area contributed by atoms with Crippen molar-refractivity contribution >= 4 is 11.7 Å². The maximum Gasteiger partial charge on any atom is 0.360 e. The summed E-state index contributed by atoms with van der Waals surface area (Å²) in [5, 5.41) is 3.62. The van der Waals surface area contributed by atoms with Crippen LogP contribution in [0.4, 0.5) is 0 Å². The maximum atomic E-state index is 11.5. The molecule has 0 bridgehead atoms. The van der Waals surface area contributed by atoms with E-state index in [0.29, 0.717) is 11.1 Å². The molecule has 0 N–H and O–H groups in total. The lowest BCUT2D eigenvalue weighted by Gasteiger charge is -2.05. The summed E-state index contributed by atoms with van der Waals surface area (Å²) in [6, 6.07) is 6.93. The molecule has 4 heteroatoms. The van der Waals surface area contributed by atoms with Crippen LogP contribution < -0.4 is 0 Å². The Kier molecular flexibility index (Phi) is 4.10. The maximum absolute atomic E-state index is 11.5. The van der Waals surface area contributed by atoms with E-state index in [4.69, 9.17) is 6.42 Å². The second kappa shape index (κ2) is 5.56. The van der Waals surface area contributed by atoms with Gasteiger partial charge in [0.1, 0.15) is 7.11 Å². The third-order valence-corrected chi connectivity index (χ3v) is 1.90. The van der Waals surface area contributed by atoms with E-state index in [0.717, 1.165) is 0 Å². The monoisotopic (exact) mass is 217 g/mol. The Labute approximate surface area is 93.9 Å². The van der Waals surface area contributed by atoms with Crippen LogP contribution in [0.1, 0.15) is 11.1 Å². The number of nitrogens with zero attached hydrogens (tertiary/aromatic N) is 1. The first-order valence-corrected chi connectivity index (χ1v) is 4.50. The lowest BCUT2D eigenvalue weighted by Crippen LogP contribution is -2.18. The average Bonchev–Trinajstić information content (AvgIpc) is 2.35. The van der Waals surface area contributed by atoms with Gasteiger partial charge < -0.3 is 9.57 Å². The molecular weight excluding hydrogens is 206 g/mol. The molecule has 1 rings (SSSR count). The van der Waals surface area contributed by atoms with Gasteiger partial charge in [-0.25, -0.2) is 4.79 Å². The fourth-order valence-corrected chi connectivity index (χ4v) is 1.20. The molecular formula is C12H11NO3. The highest BCUT2D eigenvalue weighted by atomic mass is 16.6. The fraction of sp³-hybridized carbons (Fsp3) is 0.167. The number of hydrogen-bond donors (Lipinski definition) is 0. The molecule has 4 nitrogen and oxygen atoms in total. The lowest BCUT2D eigenvalue weighted by molar-refractivity contribution is -0.132. The van der Waals surface area contributed by atoms with Crippen molar-refractivity contribution in [1.82, 2.24) is 0 Å². The minimum Gasteiger partial charge on any atom is -0.464 e. The van der Waals surface area contributed by atoms with E-state index >= 15 is 0 Å². The molecule has 0 fully saturated rings. The number of benzene rings is 1. The molecule has 16 heavy (non-hydrogen) atoms. The molecule has 0 aliphatic carbocycles. The smallest absolute Gasteiger partial charge is 0.360 e. The largest absolute Gasteiger partial charge is 0.464 e. The molecule has 0 aromatic heterocycles. The molecule has 0 unspecified atom stereocenters. The zero-order valence-corrected chi connectivity index (χ0v) is 9.06. The topological polar surface area (TPSA) is 47.9 Å². The Balaban J connectivity index is 3.28. The molecule has 1 aromatic rings. The quantitative estimate of drug-likeness (QED) is 0.331. The number of oxime groups is 1. The third-order valence-electron chi connectivity index (χ3n) is 1.90. The first-order valence-electron chi connectivity index (χ1n) is 4.50. The Morgan fingerprint density at radius 2 is 2.06 bits per heavy atom. The molecule has 82 valence electrons. The Morgan fingerprint density at radius 3 is 2.62 bits per heavy atom. The summed E-state index contributed by atoms with van der Waals surface area (Å²) in [5.41, 5.74) is 1.13. The van der Waals surface area contributed by atoms with E-state index in [1.807, 2.05) is 0 Å². The van der Waals surface area contributed by atoms with Gasteiger partial charge in [-0.15, -0.1) is 6.42 Å². The molecule has 1 aromatic carbocycles. The number of carbonyl (C=O) groups excluding carboxylic acids is 1. The summed E-state index contributed by atoms with van der Waals surface area (Å²) >= 11 is 0. The summed E-state index contributed by atoms with van der Waals surface area (Å²) in [5.74, 6) is 1.88. The number of ether oxygens (including phenoxy) is 1. The van der Waals surface area contributed by atoms with E-state index in [1.165, 1.54) is 14.2 Å². The van der Waals surface area contributed by atoms with Gasteiger partial charge in [0.2, 0.25) is 0 Å². The number of hydrogen-bond acceptors (Lipinski definition) is 4. The van der Waals surface area contributed by atoms with Crippen LogP contribution in [-0.2, 0) is 14.4 Å². The zero-order valence-electron chi connectivity index (χ0n) is 9.06. The number of esters is 1. The van der Waals surface area contributed by atoms with Crippen LogP contribution in [0.3, 0.4) is 0 Å². The number of terminal acetylenes is 1. The van der Waals surface area contributed by atoms with Gasteiger partial charge in [-0.3, -0.25) is 0 Å². The van der Waals surface area contributed by atoms with Crippen LogP contribution >= 0.6 is 0 Å². The molecule has 0 spiro atoms. The predicted octanol–water partition coefficient (Wildman–Crippen LogP) is 1.19. The number of rotatable bonds is 3. The van der Waals surface area contributed by atoms with E-state index in [9.17, 15) is 4.79 Å². The zero-order chi connectivity index (χ0) is 12.0. The third kappa shape index (κ3) is 2.39. The number of methoxy groups -OCH3 is 1. The van der Waals surface area contributed by atoms with Crippen molar-refractivity contribution in [2.45, 2.75) is 0 Å². The van der Waals surface area contributed by atoms with Gasteiger partial charge in [0.25, 0.3) is 0 Å². The normalized spacial score (nSPS) is 10.4. The van der Waals surface area contributed by atoms with Crippen molar-refractivity contribution in [3.8, 4) is 12.3 Å². The summed E-state index contributed by atoms with van der Waals surface area (Å²) in [6.45, 7) is 0. The minimum atomic E-state index is -0.593. The second-order valence-electron chi connectivity index (χ2n) is 2.80. The highest BCUT2D eigenvalue weighted by molar-refractivity contribution is 6.43. The van der Waals surface area contributed by atoms with E-state index < -0.39 is 5.97 Å². The lowest BCUT2D eigenvalue weighted by atomic mass is 10.0. The van der Waals surface area contributed by atoms with Gasteiger partial charge in [-0.1, -0.05) is 29.3 Å². The summed E-state index contributed by atoms with van der Waals surface area (Å²) in [4.78, 5) is 16.1. The van der Waals surface area contributed by atoms with Crippen LogP contribution in [0.15, 0.2) is 29.4 Å². The van der Waals surface area contributed by atoms with Crippen molar-refractivity contribution < 1.29 is 14.4 Å². The van der Waals surface area contributed by atoms with Gasteiger partial charge in [-0.2, -0.15) is 0 Å². The Hall–Kier alpha value is -2.28. The summed E-state index contributed by atoms with van der Waals surface area (Å²) in [7, 11) is 2.62. The van der Waals surface area contributed by atoms with Gasteiger partial charge in [0.05, 0.1) is 7.11 Å². The first kappa shape index (κ1) is 11.8. The first-order chi connectivity index (χ1) is 7.74. The van der Waals surface area contributed by atoms with Gasteiger partial charge in [0.15, 0.2) is 5.71 Å². The SMILES string of the molecule is C#Cc1ccccc1C(=NOC)C(=O)OC. The Morgan fingerprint density at radius 1 is 1.38 bits per heavy atom. The van der Waals surface area contributed by atoms with Crippen molar-refractivity contribution in [3.05, 3.63) is 35.4 Å². The summed E-state index contributed by atoms with van der Waals surface area (Å²) in [6.07, 6.45) is 5.33. The Bertz CT molecular complexity index is 458. The van der Waals surface area contributed by atoms with Gasteiger partial charge >= 0.3 is 5.97 Å². The minimum absolute atomic E-state index is 0.0542. The molecule has 0 radical (unpaired) electrons. The van der Waals surface area contributed by atoms with Crippen LogP contribution in [0.25, 0.3) is 0 Å². The molecule has 0 heterocycles. The van der Waals surface area contributed by atoms with Crippen LogP contribution in [-0.4, -0.2) is 25.9 Å². The average molecular weight is 217 g/mol. The molecule has 0 amide bonds. The predicted molar refractivity (Wildman–Crippen MR) is 59.9 cm³/mol. The van der Waals surface area contributed by atoms with E-state index in [2.05, 4.69) is 20.7 Å². The molecule has 0 saturated carbocycles.